The van der Waals surface area contributed by atoms with E-state index in [1.165, 1.54) is 0 Å². The van der Waals surface area contributed by atoms with Crippen LogP contribution in [0.4, 0.5) is 0 Å². The number of likely N-dealkylation sites (tertiary alicyclic amines) is 1. The maximum atomic E-state index is 12.6. The van der Waals surface area contributed by atoms with Gasteiger partial charge in [0.15, 0.2) is 0 Å². The molecule has 5 nitrogen and oxygen atoms in total. The van der Waals surface area contributed by atoms with E-state index < -0.39 is 6.04 Å². The fourth-order valence-corrected chi connectivity index (χ4v) is 3.78. The number of hydrogen-bond donors (Lipinski definition) is 1. The van der Waals surface area contributed by atoms with Crippen LogP contribution in [0, 0.1) is 11.8 Å². The molecule has 1 aromatic rings. The summed E-state index contributed by atoms with van der Waals surface area (Å²) in [6.45, 7) is 6.21. The summed E-state index contributed by atoms with van der Waals surface area (Å²) in [5.41, 5.74) is 7.27. The number of hydrogen-bond acceptors (Lipinski definition) is 3. The molecule has 2 bridgehead atoms. The Morgan fingerprint density at radius 3 is 2.78 bits per heavy atom. The number of nitrogens with zero attached hydrogens (tertiary/aromatic N) is 2. The van der Waals surface area contributed by atoms with Crippen molar-refractivity contribution in [1.29, 1.82) is 0 Å². The molecule has 3 heterocycles. The van der Waals surface area contributed by atoms with E-state index in [4.69, 9.17) is 5.73 Å². The largest absolute Gasteiger partial charge is 0.340 e. The molecule has 128 valence electrons. The first kappa shape index (κ1) is 18.0. The van der Waals surface area contributed by atoms with Crippen LogP contribution in [-0.4, -0.2) is 34.5 Å². The summed E-state index contributed by atoms with van der Waals surface area (Å²) < 4.78 is 1.88. The predicted molar refractivity (Wildman–Crippen MR) is 92.8 cm³/mol. The van der Waals surface area contributed by atoms with Crippen molar-refractivity contribution in [3.63, 3.8) is 0 Å². The van der Waals surface area contributed by atoms with Crippen molar-refractivity contribution in [2.45, 2.75) is 45.2 Å². The van der Waals surface area contributed by atoms with Crippen LogP contribution >= 0.6 is 12.4 Å². The average molecular weight is 340 g/mol. The van der Waals surface area contributed by atoms with E-state index in [-0.39, 0.29) is 35.7 Å². The van der Waals surface area contributed by atoms with Gasteiger partial charge in [-0.1, -0.05) is 26.3 Å². The van der Waals surface area contributed by atoms with E-state index in [0.717, 1.165) is 25.1 Å². The zero-order chi connectivity index (χ0) is 15.9. The second-order valence-electron chi connectivity index (χ2n) is 6.85. The number of fused-ring (bicyclic) bond motifs is 4. The molecule has 0 radical (unpaired) electrons. The Morgan fingerprint density at radius 2 is 2.09 bits per heavy atom. The van der Waals surface area contributed by atoms with Crippen LogP contribution < -0.4 is 11.3 Å². The maximum absolute atomic E-state index is 12.6. The lowest BCUT2D eigenvalue weighted by Gasteiger charge is -2.43. The lowest BCUT2D eigenvalue weighted by Crippen LogP contribution is -2.54. The van der Waals surface area contributed by atoms with E-state index in [2.05, 4.69) is 6.92 Å². The molecule has 23 heavy (non-hydrogen) atoms. The summed E-state index contributed by atoms with van der Waals surface area (Å²) in [6.07, 6.45) is 1.97. The highest BCUT2D eigenvalue weighted by molar-refractivity contribution is 5.85. The molecule has 0 unspecified atom stereocenters. The quantitative estimate of drug-likeness (QED) is 0.909. The number of nitrogens with two attached hydrogens (primary N) is 1. The molecule has 2 aliphatic heterocycles. The van der Waals surface area contributed by atoms with Gasteiger partial charge in [0.1, 0.15) is 0 Å². The number of carbonyl (C=O) groups excluding carboxylic acids is 1. The lowest BCUT2D eigenvalue weighted by molar-refractivity contribution is -0.136. The maximum Gasteiger partial charge on any atom is 0.250 e. The van der Waals surface area contributed by atoms with E-state index >= 15 is 0 Å². The molecule has 4 atom stereocenters. The van der Waals surface area contributed by atoms with Crippen LogP contribution in [-0.2, 0) is 11.3 Å². The Hall–Kier alpha value is -1.33. The molecule has 0 aliphatic carbocycles. The third-order valence-corrected chi connectivity index (χ3v) is 5.33. The van der Waals surface area contributed by atoms with Crippen molar-refractivity contribution in [2.75, 3.05) is 13.1 Å². The van der Waals surface area contributed by atoms with Gasteiger partial charge in [0.05, 0.1) is 6.04 Å². The second kappa shape index (κ2) is 7.05. The van der Waals surface area contributed by atoms with Crippen LogP contribution in [0.1, 0.15) is 38.3 Å². The molecule has 0 saturated carbocycles. The Kier molecular flexibility index (Phi) is 5.53. The van der Waals surface area contributed by atoms with E-state index in [9.17, 15) is 9.59 Å². The highest BCUT2D eigenvalue weighted by Gasteiger charge is 2.37. The number of rotatable bonds is 3. The molecule has 0 aromatic carbocycles. The number of aromatic nitrogens is 1. The number of piperidine rings is 1. The lowest BCUT2D eigenvalue weighted by atomic mass is 9.82. The molecule has 3 rings (SSSR count). The minimum atomic E-state index is -0.415. The highest BCUT2D eigenvalue weighted by Crippen LogP contribution is 2.35. The number of carbonyl (C=O) groups is 1. The van der Waals surface area contributed by atoms with Crippen molar-refractivity contribution >= 4 is 18.3 Å². The van der Waals surface area contributed by atoms with Gasteiger partial charge in [0, 0.05) is 37.3 Å². The van der Waals surface area contributed by atoms with Crippen LogP contribution in [0.15, 0.2) is 23.0 Å². The minimum absolute atomic E-state index is 0. The van der Waals surface area contributed by atoms with E-state index in [1.54, 1.807) is 6.07 Å². The fraction of sp³-hybridized carbons (Fsp3) is 0.647. The third kappa shape index (κ3) is 3.31. The molecule has 1 saturated heterocycles. The van der Waals surface area contributed by atoms with Crippen LogP contribution in [0.3, 0.4) is 0 Å². The Balaban J connectivity index is 0.00000192. The molecule has 1 amide bonds. The molecular weight excluding hydrogens is 314 g/mol. The van der Waals surface area contributed by atoms with E-state index in [1.807, 2.05) is 28.5 Å². The van der Waals surface area contributed by atoms with Crippen molar-refractivity contribution in [1.82, 2.24) is 9.47 Å². The molecule has 0 spiro atoms. The van der Waals surface area contributed by atoms with Crippen molar-refractivity contribution < 1.29 is 4.79 Å². The average Bonchev–Trinajstić information content (AvgIpc) is 2.53. The molecule has 2 N–H and O–H groups in total. The zero-order valence-corrected chi connectivity index (χ0v) is 14.6. The zero-order valence-electron chi connectivity index (χ0n) is 13.8. The summed E-state index contributed by atoms with van der Waals surface area (Å²) in [6, 6.07) is 5.04. The second-order valence-corrected chi connectivity index (χ2v) is 6.85. The van der Waals surface area contributed by atoms with Gasteiger partial charge in [-0.3, -0.25) is 9.59 Å². The smallest absolute Gasteiger partial charge is 0.250 e. The van der Waals surface area contributed by atoms with Crippen LogP contribution in [0.2, 0.25) is 0 Å². The molecule has 1 aromatic heterocycles. The summed E-state index contributed by atoms with van der Waals surface area (Å²) in [7, 11) is 0. The van der Waals surface area contributed by atoms with Gasteiger partial charge in [0.2, 0.25) is 5.91 Å². The Labute approximate surface area is 143 Å². The third-order valence-electron chi connectivity index (χ3n) is 5.33. The van der Waals surface area contributed by atoms with Crippen LogP contribution in [0.25, 0.3) is 0 Å². The molecule has 1 fully saturated rings. The number of amides is 1. The summed E-state index contributed by atoms with van der Waals surface area (Å²) in [5.74, 6) is 0.883. The predicted octanol–water partition coefficient (Wildman–Crippen LogP) is 1.59. The first-order valence-corrected chi connectivity index (χ1v) is 8.25. The monoisotopic (exact) mass is 339 g/mol. The van der Waals surface area contributed by atoms with Gasteiger partial charge >= 0.3 is 0 Å². The Bertz CT molecular complexity index is 631. The summed E-state index contributed by atoms with van der Waals surface area (Å²) >= 11 is 0. The number of halogens is 1. The van der Waals surface area contributed by atoms with Crippen LogP contribution in [0.5, 0.6) is 0 Å². The van der Waals surface area contributed by atoms with Gasteiger partial charge < -0.3 is 15.2 Å². The Morgan fingerprint density at radius 1 is 1.35 bits per heavy atom. The SMILES string of the molecule is CC[C@H](C)[C@H](N)C(=O)N1C[C@@H]2C[C@H](C1)c1cccc(=O)n1C2.Cl. The van der Waals surface area contributed by atoms with E-state index in [0.29, 0.717) is 19.0 Å². The topological polar surface area (TPSA) is 68.3 Å². The van der Waals surface area contributed by atoms with Gasteiger partial charge in [-0.15, -0.1) is 12.4 Å². The van der Waals surface area contributed by atoms with Gasteiger partial charge in [-0.25, -0.2) is 0 Å². The summed E-state index contributed by atoms with van der Waals surface area (Å²) in [4.78, 5) is 26.6. The number of pyridine rings is 1. The first-order valence-electron chi connectivity index (χ1n) is 8.25. The standard InChI is InChI=1S/C17H25N3O2.ClH/c1-3-11(2)16(18)17(22)19-8-12-7-13(10-19)14-5-4-6-15(21)20(14)9-12;/h4-6,11-13,16H,3,7-10,18H2,1-2H3;1H/t11-,12-,13+,16-;/m0./s1. The van der Waals surface area contributed by atoms with Crippen molar-refractivity contribution in [3.8, 4) is 0 Å². The molecular formula is C17H26ClN3O2. The van der Waals surface area contributed by atoms with Crippen molar-refractivity contribution in [2.24, 2.45) is 17.6 Å². The summed E-state index contributed by atoms with van der Waals surface area (Å²) in [5, 5.41) is 0. The molecule has 2 aliphatic rings. The highest BCUT2D eigenvalue weighted by atomic mass is 35.5. The first-order chi connectivity index (χ1) is 10.5. The van der Waals surface area contributed by atoms with Gasteiger partial charge in [0.25, 0.3) is 5.56 Å². The fourth-order valence-electron chi connectivity index (χ4n) is 3.78. The minimum Gasteiger partial charge on any atom is -0.340 e. The van der Waals surface area contributed by atoms with Gasteiger partial charge in [-0.05, 0) is 24.3 Å². The normalized spacial score (nSPS) is 25.1. The molecule has 6 heteroatoms. The van der Waals surface area contributed by atoms with Gasteiger partial charge in [-0.2, -0.15) is 0 Å². The van der Waals surface area contributed by atoms with Crippen molar-refractivity contribution in [3.05, 3.63) is 34.2 Å².